The normalized spacial score (nSPS) is 11.9. The molecule has 15 rings (SSSR count). The molecule has 72 heavy (non-hydrogen) atoms. The first kappa shape index (κ1) is 40.3. The number of nitrogens with zero attached hydrogens (tertiary/aromatic N) is 2. The van der Waals surface area contributed by atoms with Crippen LogP contribution >= 0.6 is 0 Å². The number of rotatable bonds is 7. The van der Waals surface area contributed by atoms with Gasteiger partial charge in [-0.3, -0.25) is 0 Å². The van der Waals surface area contributed by atoms with Gasteiger partial charge in [0.15, 0.2) is 0 Å². The topological polar surface area (TPSA) is 34.5 Å². The van der Waals surface area contributed by atoms with E-state index >= 15 is 0 Å². The van der Waals surface area contributed by atoms with E-state index < -0.39 is 0 Å². The van der Waals surface area contributed by atoms with Crippen LogP contribution in [-0.2, 0) is 0 Å². The predicted octanol–water partition coefficient (Wildman–Crippen LogP) is 19.4. The van der Waals surface area contributed by atoms with Crippen molar-refractivity contribution in [2.24, 2.45) is 0 Å². The second kappa shape index (κ2) is 16.0. The van der Waals surface area contributed by atoms with Crippen molar-refractivity contribution < 1.29 is 8.83 Å². The van der Waals surface area contributed by atoms with Crippen molar-refractivity contribution in [1.82, 2.24) is 4.57 Å². The van der Waals surface area contributed by atoms with Gasteiger partial charge in [-0.1, -0.05) is 182 Å². The summed E-state index contributed by atoms with van der Waals surface area (Å²) < 4.78 is 16.6. The number of aromatic nitrogens is 1. The molecule has 0 fully saturated rings. The molecule has 0 N–H and O–H groups in total. The van der Waals surface area contributed by atoms with Gasteiger partial charge in [-0.15, -0.1) is 0 Å². The Labute approximate surface area is 414 Å². The minimum Gasteiger partial charge on any atom is -0.455 e. The molecular formula is C68H42N2O2. The predicted molar refractivity (Wildman–Crippen MR) is 301 cm³/mol. The van der Waals surface area contributed by atoms with Crippen molar-refractivity contribution in [3.05, 3.63) is 255 Å². The molecule has 4 heteroatoms. The lowest BCUT2D eigenvalue weighted by molar-refractivity contribution is 0.670. The SMILES string of the molecule is c1ccc(-n2c3ccccc3c3c(-c4ccc(N(c5ccc(-c6cccc7ccccc67)cc5)c5ccc(-c6cccc7ccccc67)c6oc7ccccc7c56)c5c4oc4ccccc45)cccc32)cc1. The maximum atomic E-state index is 7.18. The molecule has 0 radical (unpaired) electrons. The molecule has 0 saturated heterocycles. The number of benzene rings is 12. The Bertz CT molecular complexity index is 4620. The summed E-state index contributed by atoms with van der Waals surface area (Å²) in [5, 5.41) is 11.3. The number of furan rings is 2. The van der Waals surface area contributed by atoms with Gasteiger partial charge in [0.25, 0.3) is 0 Å². The first-order valence-electron chi connectivity index (χ1n) is 24.6. The quantitative estimate of drug-likeness (QED) is 0.160. The highest BCUT2D eigenvalue weighted by atomic mass is 16.3. The van der Waals surface area contributed by atoms with E-state index in [-0.39, 0.29) is 0 Å². The van der Waals surface area contributed by atoms with Gasteiger partial charge in [0, 0.05) is 44.0 Å². The van der Waals surface area contributed by atoms with E-state index in [4.69, 9.17) is 8.83 Å². The molecule has 336 valence electrons. The van der Waals surface area contributed by atoms with Gasteiger partial charge in [-0.2, -0.15) is 0 Å². The van der Waals surface area contributed by atoms with E-state index in [1.54, 1.807) is 0 Å². The lowest BCUT2D eigenvalue weighted by Gasteiger charge is -2.28. The van der Waals surface area contributed by atoms with Crippen LogP contribution in [0.25, 0.3) is 126 Å². The fourth-order valence-corrected chi connectivity index (χ4v) is 11.7. The summed E-state index contributed by atoms with van der Waals surface area (Å²) in [6.07, 6.45) is 0. The van der Waals surface area contributed by atoms with E-state index in [9.17, 15) is 0 Å². The van der Waals surface area contributed by atoms with Crippen molar-refractivity contribution >= 4 is 104 Å². The molecule has 0 aliphatic heterocycles. The van der Waals surface area contributed by atoms with Crippen LogP contribution in [-0.4, -0.2) is 4.57 Å². The number of hydrogen-bond acceptors (Lipinski definition) is 3. The first-order valence-corrected chi connectivity index (χ1v) is 24.6. The Morgan fingerprint density at radius 2 is 0.764 bits per heavy atom. The smallest absolute Gasteiger partial charge is 0.145 e. The second-order valence-electron chi connectivity index (χ2n) is 18.7. The molecule has 0 bridgehead atoms. The summed E-state index contributed by atoms with van der Waals surface area (Å²) in [4.78, 5) is 2.43. The van der Waals surface area contributed by atoms with Gasteiger partial charge in [0.1, 0.15) is 22.3 Å². The van der Waals surface area contributed by atoms with Gasteiger partial charge in [-0.25, -0.2) is 0 Å². The molecule has 0 atom stereocenters. The highest BCUT2D eigenvalue weighted by molar-refractivity contribution is 6.24. The molecule has 15 aromatic rings. The highest BCUT2D eigenvalue weighted by Crippen LogP contribution is 2.52. The number of anilines is 3. The maximum absolute atomic E-state index is 7.18. The Morgan fingerprint density at radius 3 is 1.42 bits per heavy atom. The molecule has 0 amide bonds. The van der Waals surface area contributed by atoms with Gasteiger partial charge in [-0.05, 0) is 117 Å². The summed E-state index contributed by atoms with van der Waals surface area (Å²) in [5.41, 5.74) is 16.4. The van der Waals surface area contributed by atoms with Crippen molar-refractivity contribution in [1.29, 1.82) is 0 Å². The standard InChI is InChI=1S/C68H42N2O2/c1-2-21-46(22-3-1)69-58-31-11-8-25-55(58)64-52(30-16-32-59(64)69)54-40-42-61(66-57-27-10-13-34-63(57)72-68(54)66)70(47-37-35-45(36-38-47)49-28-14-19-43-17-4-6-23-48(43)49)60-41-39-53(51-29-15-20-44-18-5-7-24-50(44)51)67-65(60)56-26-9-12-33-62(56)71-67/h1-42H. The molecular weight excluding hydrogens is 877 g/mol. The first-order chi connectivity index (χ1) is 35.7. The van der Waals surface area contributed by atoms with E-state index in [0.29, 0.717) is 0 Å². The van der Waals surface area contributed by atoms with Crippen LogP contribution in [0.4, 0.5) is 17.1 Å². The fraction of sp³-hybridized carbons (Fsp3) is 0. The van der Waals surface area contributed by atoms with Gasteiger partial charge in [0.2, 0.25) is 0 Å². The van der Waals surface area contributed by atoms with E-state index in [2.05, 4.69) is 264 Å². The number of fused-ring (bicyclic) bond motifs is 11. The largest absolute Gasteiger partial charge is 0.455 e. The Balaban J connectivity index is 1.02. The zero-order chi connectivity index (χ0) is 47.3. The summed E-state index contributed by atoms with van der Waals surface area (Å²) in [5.74, 6) is 0. The summed E-state index contributed by atoms with van der Waals surface area (Å²) in [7, 11) is 0. The van der Waals surface area contributed by atoms with Crippen LogP contribution in [0.3, 0.4) is 0 Å². The van der Waals surface area contributed by atoms with Crippen molar-refractivity contribution in [2.45, 2.75) is 0 Å². The van der Waals surface area contributed by atoms with Crippen LogP contribution in [0.2, 0.25) is 0 Å². The van der Waals surface area contributed by atoms with E-state index in [1.165, 1.54) is 37.9 Å². The van der Waals surface area contributed by atoms with Crippen LogP contribution in [0.1, 0.15) is 0 Å². The Hall–Kier alpha value is -9.64. The van der Waals surface area contributed by atoms with Gasteiger partial charge >= 0.3 is 0 Å². The van der Waals surface area contributed by atoms with Crippen molar-refractivity contribution in [3.63, 3.8) is 0 Å². The number of para-hydroxylation sites is 4. The molecule has 4 nitrogen and oxygen atoms in total. The van der Waals surface area contributed by atoms with Crippen LogP contribution in [0.5, 0.6) is 0 Å². The molecule has 3 aromatic heterocycles. The maximum Gasteiger partial charge on any atom is 0.145 e. The minimum atomic E-state index is 0.829. The van der Waals surface area contributed by atoms with Crippen LogP contribution in [0, 0.1) is 0 Å². The molecule has 3 heterocycles. The van der Waals surface area contributed by atoms with E-state index in [1.807, 2.05) is 0 Å². The van der Waals surface area contributed by atoms with Gasteiger partial charge in [0.05, 0.1) is 33.2 Å². The molecule has 0 aliphatic rings. The third-order valence-corrected chi connectivity index (χ3v) is 14.8. The molecule has 0 saturated carbocycles. The van der Waals surface area contributed by atoms with Gasteiger partial charge < -0.3 is 18.3 Å². The van der Waals surface area contributed by atoms with Crippen LogP contribution < -0.4 is 4.90 Å². The third-order valence-electron chi connectivity index (χ3n) is 14.8. The van der Waals surface area contributed by atoms with Crippen LogP contribution in [0.15, 0.2) is 264 Å². The van der Waals surface area contributed by atoms with E-state index in [0.717, 1.165) is 105 Å². The Kier molecular flexibility index (Phi) is 8.92. The number of hydrogen-bond donors (Lipinski definition) is 0. The third kappa shape index (κ3) is 6.06. The Morgan fingerprint density at radius 1 is 0.292 bits per heavy atom. The minimum absolute atomic E-state index is 0.829. The average molecular weight is 919 g/mol. The molecule has 12 aromatic carbocycles. The molecule has 0 aliphatic carbocycles. The highest BCUT2D eigenvalue weighted by Gasteiger charge is 2.28. The van der Waals surface area contributed by atoms with Crippen molar-refractivity contribution in [3.8, 4) is 39.1 Å². The summed E-state index contributed by atoms with van der Waals surface area (Å²) in [6, 6.07) is 91.5. The van der Waals surface area contributed by atoms with Crippen molar-refractivity contribution in [2.75, 3.05) is 4.90 Å². The lowest BCUT2D eigenvalue weighted by Crippen LogP contribution is -2.11. The lowest BCUT2D eigenvalue weighted by atomic mass is 9.94. The molecule has 0 unspecified atom stereocenters. The average Bonchev–Trinajstić information content (AvgIpc) is 4.14. The zero-order valence-electron chi connectivity index (χ0n) is 39.0. The summed E-state index contributed by atoms with van der Waals surface area (Å²) in [6.45, 7) is 0. The monoisotopic (exact) mass is 918 g/mol. The fourth-order valence-electron chi connectivity index (χ4n) is 11.7. The second-order valence-corrected chi connectivity index (χ2v) is 18.7. The zero-order valence-corrected chi connectivity index (χ0v) is 39.0. The molecule has 0 spiro atoms. The summed E-state index contributed by atoms with van der Waals surface area (Å²) >= 11 is 0.